The molecule has 0 saturated carbocycles. The Balaban J connectivity index is 1.91. The molecule has 0 aromatic heterocycles. The number of nitrogens with zero attached hydrogens (tertiary/aromatic N) is 1. The first kappa shape index (κ1) is 19.3. The van der Waals surface area contributed by atoms with Crippen LogP contribution in [-0.4, -0.2) is 38.5 Å². The highest BCUT2D eigenvalue weighted by atomic mass is 32.2. The number of thiocarbonyl (C=S) groups is 1. The van der Waals surface area contributed by atoms with E-state index in [2.05, 4.69) is 10.6 Å². The minimum Gasteiger partial charge on any atom is -0.362 e. The van der Waals surface area contributed by atoms with Gasteiger partial charge in [-0.3, -0.25) is 0 Å². The lowest BCUT2D eigenvalue weighted by Crippen LogP contribution is -2.30. The molecule has 2 N–H and O–H groups in total. The standard InChI is InChI=1S/C17H20FN3O2S2/c1-21(2)25(22,23)16-5-3-4-15(12-16)20-17(24)19-11-10-13-6-8-14(18)9-7-13/h3-9,12H,10-11H2,1-2H3,(H2,19,20,24). The molecular formula is C17H20FN3O2S2. The first-order valence-corrected chi connectivity index (χ1v) is 9.46. The second-order valence-electron chi connectivity index (χ2n) is 5.57. The van der Waals surface area contributed by atoms with Gasteiger partial charge in [-0.05, 0) is 54.5 Å². The van der Waals surface area contributed by atoms with Crippen LogP contribution in [0.25, 0.3) is 0 Å². The van der Waals surface area contributed by atoms with Gasteiger partial charge in [0.2, 0.25) is 10.0 Å². The van der Waals surface area contributed by atoms with Crippen LogP contribution in [0.15, 0.2) is 53.4 Å². The topological polar surface area (TPSA) is 61.4 Å². The molecule has 0 radical (unpaired) electrons. The lowest BCUT2D eigenvalue weighted by molar-refractivity contribution is 0.521. The van der Waals surface area contributed by atoms with E-state index in [9.17, 15) is 12.8 Å². The van der Waals surface area contributed by atoms with Crippen LogP contribution in [0, 0.1) is 5.82 Å². The Morgan fingerprint density at radius 1 is 1.16 bits per heavy atom. The molecule has 0 atom stereocenters. The molecule has 2 aromatic rings. The van der Waals surface area contributed by atoms with Gasteiger partial charge in [0.05, 0.1) is 4.90 Å². The summed E-state index contributed by atoms with van der Waals surface area (Å²) in [7, 11) is -0.526. The summed E-state index contributed by atoms with van der Waals surface area (Å²) in [5.74, 6) is -0.263. The fourth-order valence-corrected chi connectivity index (χ4v) is 3.26. The maximum atomic E-state index is 12.9. The number of rotatable bonds is 6. The maximum Gasteiger partial charge on any atom is 0.242 e. The smallest absolute Gasteiger partial charge is 0.242 e. The Kier molecular flexibility index (Phi) is 6.46. The molecule has 0 aliphatic carbocycles. The number of halogens is 1. The van der Waals surface area contributed by atoms with Crippen LogP contribution >= 0.6 is 12.2 Å². The monoisotopic (exact) mass is 381 g/mol. The summed E-state index contributed by atoms with van der Waals surface area (Å²) in [5.41, 5.74) is 1.58. The van der Waals surface area contributed by atoms with Crippen molar-refractivity contribution in [2.24, 2.45) is 0 Å². The summed E-state index contributed by atoms with van der Waals surface area (Å²) in [4.78, 5) is 0.191. The minimum absolute atomic E-state index is 0.191. The summed E-state index contributed by atoms with van der Waals surface area (Å²) in [6.45, 7) is 0.577. The highest BCUT2D eigenvalue weighted by Crippen LogP contribution is 2.17. The van der Waals surface area contributed by atoms with E-state index in [-0.39, 0.29) is 10.7 Å². The van der Waals surface area contributed by atoms with E-state index in [1.54, 1.807) is 24.3 Å². The second kappa shape index (κ2) is 8.37. The molecule has 5 nitrogen and oxygen atoms in total. The van der Waals surface area contributed by atoms with Gasteiger partial charge < -0.3 is 10.6 Å². The van der Waals surface area contributed by atoms with Crippen molar-refractivity contribution in [1.29, 1.82) is 0 Å². The third-order valence-electron chi connectivity index (χ3n) is 3.48. The quantitative estimate of drug-likeness (QED) is 0.753. The average molecular weight is 381 g/mol. The highest BCUT2D eigenvalue weighted by molar-refractivity contribution is 7.89. The van der Waals surface area contributed by atoms with Crippen molar-refractivity contribution >= 4 is 33.0 Å². The molecule has 0 aliphatic heterocycles. The van der Waals surface area contributed by atoms with Crippen LogP contribution in [0.4, 0.5) is 10.1 Å². The Labute approximate surface area is 152 Å². The number of hydrogen-bond donors (Lipinski definition) is 2. The zero-order valence-corrected chi connectivity index (χ0v) is 15.6. The number of hydrogen-bond acceptors (Lipinski definition) is 3. The van der Waals surface area contributed by atoms with Gasteiger partial charge in [0.25, 0.3) is 0 Å². The van der Waals surface area contributed by atoms with E-state index in [1.165, 1.54) is 38.4 Å². The van der Waals surface area contributed by atoms with Gasteiger partial charge >= 0.3 is 0 Å². The van der Waals surface area contributed by atoms with Crippen LogP contribution in [0.2, 0.25) is 0 Å². The van der Waals surface area contributed by atoms with Crippen molar-refractivity contribution in [1.82, 2.24) is 9.62 Å². The first-order chi connectivity index (χ1) is 11.8. The fraction of sp³-hybridized carbons (Fsp3) is 0.235. The highest BCUT2D eigenvalue weighted by Gasteiger charge is 2.17. The molecule has 25 heavy (non-hydrogen) atoms. The van der Waals surface area contributed by atoms with Crippen molar-refractivity contribution in [2.45, 2.75) is 11.3 Å². The summed E-state index contributed by atoms with van der Waals surface area (Å²) >= 11 is 5.22. The first-order valence-electron chi connectivity index (χ1n) is 7.61. The van der Waals surface area contributed by atoms with E-state index < -0.39 is 10.0 Å². The molecule has 0 saturated heterocycles. The predicted octanol–water partition coefficient (Wildman–Crippen LogP) is 2.61. The number of benzene rings is 2. The zero-order chi connectivity index (χ0) is 18.4. The van der Waals surface area contributed by atoms with Gasteiger partial charge in [0.1, 0.15) is 5.82 Å². The second-order valence-corrected chi connectivity index (χ2v) is 8.13. The summed E-state index contributed by atoms with van der Waals surface area (Å²) in [5, 5.41) is 6.40. The largest absolute Gasteiger partial charge is 0.362 e. The molecule has 2 aromatic carbocycles. The van der Waals surface area contributed by atoms with Crippen LogP contribution < -0.4 is 10.6 Å². The molecule has 0 heterocycles. The van der Waals surface area contributed by atoms with Crippen molar-refractivity contribution in [3.63, 3.8) is 0 Å². The predicted molar refractivity (Wildman–Crippen MR) is 102 cm³/mol. The Hall–Kier alpha value is -2.03. The van der Waals surface area contributed by atoms with Crippen LogP contribution in [0.3, 0.4) is 0 Å². The normalized spacial score (nSPS) is 11.4. The third kappa shape index (κ3) is 5.48. The Bertz CT molecular complexity index is 837. The maximum absolute atomic E-state index is 12.9. The Morgan fingerprint density at radius 3 is 2.48 bits per heavy atom. The summed E-state index contributed by atoms with van der Waals surface area (Å²) in [6, 6.07) is 12.7. The van der Waals surface area contributed by atoms with E-state index >= 15 is 0 Å². The van der Waals surface area contributed by atoms with Crippen LogP contribution in [0.5, 0.6) is 0 Å². The van der Waals surface area contributed by atoms with Crippen LogP contribution in [0.1, 0.15) is 5.56 Å². The van der Waals surface area contributed by atoms with Gasteiger partial charge in [0, 0.05) is 26.3 Å². The lowest BCUT2D eigenvalue weighted by Gasteiger charge is -2.14. The van der Waals surface area contributed by atoms with Crippen LogP contribution in [-0.2, 0) is 16.4 Å². The molecule has 0 amide bonds. The molecule has 0 aliphatic rings. The van der Waals surface area contributed by atoms with Crippen molar-refractivity contribution < 1.29 is 12.8 Å². The number of sulfonamides is 1. The van der Waals surface area contributed by atoms with Gasteiger partial charge in [-0.1, -0.05) is 18.2 Å². The Morgan fingerprint density at radius 2 is 1.84 bits per heavy atom. The molecule has 134 valence electrons. The number of nitrogens with one attached hydrogen (secondary N) is 2. The van der Waals surface area contributed by atoms with Crippen molar-refractivity contribution in [3.05, 3.63) is 59.9 Å². The molecule has 0 spiro atoms. The lowest BCUT2D eigenvalue weighted by atomic mass is 10.1. The summed E-state index contributed by atoms with van der Waals surface area (Å²) in [6.07, 6.45) is 0.692. The third-order valence-corrected chi connectivity index (χ3v) is 5.54. The van der Waals surface area contributed by atoms with Gasteiger partial charge in [0.15, 0.2) is 5.11 Å². The van der Waals surface area contributed by atoms with Crippen molar-refractivity contribution in [3.8, 4) is 0 Å². The molecule has 0 fully saturated rings. The fourth-order valence-electron chi connectivity index (χ4n) is 2.09. The average Bonchev–Trinajstić information content (AvgIpc) is 2.56. The number of anilines is 1. The molecule has 2 rings (SSSR count). The zero-order valence-electron chi connectivity index (χ0n) is 14.0. The molecule has 0 bridgehead atoms. The molecule has 8 heteroatoms. The summed E-state index contributed by atoms with van der Waals surface area (Å²) < 4.78 is 38.3. The minimum atomic E-state index is -3.49. The van der Waals surface area contributed by atoms with E-state index in [0.717, 1.165) is 9.87 Å². The molecule has 0 unspecified atom stereocenters. The van der Waals surface area contributed by atoms with E-state index in [1.807, 2.05) is 0 Å². The van der Waals surface area contributed by atoms with Gasteiger partial charge in [-0.2, -0.15) is 0 Å². The van der Waals surface area contributed by atoms with E-state index in [0.29, 0.717) is 23.8 Å². The van der Waals surface area contributed by atoms with E-state index in [4.69, 9.17) is 12.2 Å². The van der Waals surface area contributed by atoms with Gasteiger partial charge in [-0.15, -0.1) is 0 Å². The SMILES string of the molecule is CN(C)S(=O)(=O)c1cccc(NC(=S)NCCc2ccc(F)cc2)c1. The molecular weight excluding hydrogens is 361 g/mol. The van der Waals surface area contributed by atoms with Gasteiger partial charge in [-0.25, -0.2) is 17.1 Å². The van der Waals surface area contributed by atoms with Crippen molar-refractivity contribution in [2.75, 3.05) is 26.0 Å².